The SMILES string of the molecule is O=C(Nc1ccnnc1)N1CCC(C(F)(F)S(=O)(=O)c2cccn3ccnc23)CC1. The zero-order valence-electron chi connectivity index (χ0n) is 15.6. The van der Waals surface area contributed by atoms with Gasteiger partial charge in [0.15, 0.2) is 5.65 Å². The first-order valence-electron chi connectivity index (χ1n) is 9.17. The van der Waals surface area contributed by atoms with E-state index in [0.29, 0.717) is 5.69 Å². The molecular formula is C18H18F2N6O3S. The van der Waals surface area contributed by atoms with Crippen LogP contribution in [0.25, 0.3) is 5.65 Å². The molecule has 1 N–H and O–H groups in total. The molecule has 158 valence electrons. The number of halogens is 2. The molecule has 2 amide bonds. The highest BCUT2D eigenvalue weighted by atomic mass is 32.2. The molecule has 0 spiro atoms. The van der Waals surface area contributed by atoms with E-state index < -0.39 is 31.9 Å². The molecule has 0 aliphatic carbocycles. The van der Waals surface area contributed by atoms with Crippen LogP contribution in [0.2, 0.25) is 0 Å². The summed E-state index contributed by atoms with van der Waals surface area (Å²) in [6, 6.07) is 3.61. The lowest BCUT2D eigenvalue weighted by Gasteiger charge is -2.35. The van der Waals surface area contributed by atoms with Gasteiger partial charge in [-0.1, -0.05) is 0 Å². The summed E-state index contributed by atoms with van der Waals surface area (Å²) < 4.78 is 57.2. The number of alkyl halides is 2. The molecule has 1 saturated heterocycles. The molecule has 0 bridgehead atoms. The monoisotopic (exact) mass is 436 g/mol. The number of piperidine rings is 1. The van der Waals surface area contributed by atoms with Crippen molar-refractivity contribution in [3.05, 3.63) is 49.2 Å². The molecule has 9 nitrogen and oxygen atoms in total. The fourth-order valence-electron chi connectivity index (χ4n) is 3.48. The lowest BCUT2D eigenvalue weighted by atomic mass is 9.97. The van der Waals surface area contributed by atoms with Crippen molar-refractivity contribution in [1.29, 1.82) is 0 Å². The number of aromatic nitrogens is 4. The number of rotatable bonds is 4. The van der Waals surface area contributed by atoms with Gasteiger partial charge in [0, 0.05) is 37.6 Å². The normalized spacial score (nSPS) is 16.0. The standard InChI is InChI=1S/C18H18F2N6O3S/c19-18(20,30(28,29)15-2-1-8-25-11-7-21-16(15)25)13-4-9-26(10-5-13)17(27)24-14-3-6-22-23-12-14/h1-3,6-8,11-13H,4-5,9-10H2,(H,22,24,27). The van der Waals surface area contributed by atoms with Crippen molar-refractivity contribution in [2.24, 2.45) is 5.92 Å². The van der Waals surface area contributed by atoms with E-state index in [0.717, 1.165) is 6.07 Å². The first-order valence-corrected chi connectivity index (χ1v) is 10.7. The van der Waals surface area contributed by atoms with Crippen LogP contribution >= 0.6 is 0 Å². The molecule has 4 heterocycles. The van der Waals surface area contributed by atoms with Gasteiger partial charge in [-0.3, -0.25) is 0 Å². The predicted molar refractivity (Wildman–Crippen MR) is 103 cm³/mol. The molecule has 0 radical (unpaired) electrons. The summed E-state index contributed by atoms with van der Waals surface area (Å²) in [6.45, 7) is 0.0153. The average Bonchev–Trinajstić information content (AvgIpc) is 3.23. The second-order valence-corrected chi connectivity index (χ2v) is 8.91. The summed E-state index contributed by atoms with van der Waals surface area (Å²) in [5.41, 5.74) is 0.387. The van der Waals surface area contributed by atoms with Gasteiger partial charge >= 0.3 is 11.3 Å². The van der Waals surface area contributed by atoms with Crippen molar-refractivity contribution in [2.45, 2.75) is 23.0 Å². The number of hydrogen-bond donors (Lipinski definition) is 1. The number of anilines is 1. The topological polar surface area (TPSA) is 110 Å². The summed E-state index contributed by atoms with van der Waals surface area (Å²) in [4.78, 5) is 17.1. The van der Waals surface area contributed by atoms with E-state index in [1.807, 2.05) is 0 Å². The molecule has 3 aromatic rings. The van der Waals surface area contributed by atoms with Crippen LogP contribution in [-0.2, 0) is 9.84 Å². The second kappa shape index (κ2) is 7.59. The highest BCUT2D eigenvalue weighted by Gasteiger charge is 2.54. The quantitative estimate of drug-likeness (QED) is 0.673. The van der Waals surface area contributed by atoms with Gasteiger partial charge in [0.05, 0.1) is 18.1 Å². The van der Waals surface area contributed by atoms with E-state index in [1.54, 1.807) is 6.07 Å². The number of urea groups is 1. The number of imidazole rings is 1. The first kappa shape index (κ1) is 20.1. The lowest BCUT2D eigenvalue weighted by Crippen LogP contribution is -2.47. The third-order valence-electron chi connectivity index (χ3n) is 5.12. The van der Waals surface area contributed by atoms with Crippen LogP contribution in [0, 0.1) is 5.92 Å². The Labute approximate surface area is 170 Å². The summed E-state index contributed by atoms with van der Waals surface area (Å²) >= 11 is 0. The van der Waals surface area contributed by atoms with Crippen LogP contribution in [0.5, 0.6) is 0 Å². The Kier molecular flexibility index (Phi) is 5.10. The van der Waals surface area contributed by atoms with Gasteiger partial charge in [0.1, 0.15) is 4.90 Å². The summed E-state index contributed by atoms with van der Waals surface area (Å²) in [5.74, 6) is -1.41. The van der Waals surface area contributed by atoms with Gasteiger partial charge in [-0.25, -0.2) is 18.2 Å². The zero-order valence-corrected chi connectivity index (χ0v) is 16.5. The average molecular weight is 436 g/mol. The number of fused-ring (bicyclic) bond motifs is 1. The Morgan fingerprint density at radius 3 is 2.60 bits per heavy atom. The molecule has 0 aromatic carbocycles. The van der Waals surface area contributed by atoms with Crippen molar-refractivity contribution >= 4 is 27.2 Å². The van der Waals surface area contributed by atoms with Crippen molar-refractivity contribution in [1.82, 2.24) is 24.5 Å². The highest BCUT2D eigenvalue weighted by molar-refractivity contribution is 7.92. The van der Waals surface area contributed by atoms with E-state index in [4.69, 9.17) is 0 Å². The van der Waals surface area contributed by atoms with Crippen LogP contribution in [0.3, 0.4) is 0 Å². The molecule has 1 fully saturated rings. The van der Waals surface area contributed by atoms with E-state index in [1.165, 1.54) is 46.4 Å². The molecule has 3 aromatic heterocycles. The van der Waals surface area contributed by atoms with Crippen molar-refractivity contribution in [3.63, 3.8) is 0 Å². The van der Waals surface area contributed by atoms with Gasteiger partial charge in [-0.2, -0.15) is 19.0 Å². The number of nitrogens with zero attached hydrogens (tertiary/aromatic N) is 5. The van der Waals surface area contributed by atoms with Gasteiger partial charge in [-0.15, -0.1) is 0 Å². The lowest BCUT2D eigenvalue weighted by molar-refractivity contribution is 0.000467. The fraction of sp³-hybridized carbons (Fsp3) is 0.333. The number of hydrogen-bond acceptors (Lipinski definition) is 6. The molecule has 0 atom stereocenters. The van der Waals surface area contributed by atoms with Crippen molar-refractivity contribution in [3.8, 4) is 0 Å². The maximum Gasteiger partial charge on any atom is 0.353 e. The Morgan fingerprint density at radius 2 is 1.90 bits per heavy atom. The molecule has 30 heavy (non-hydrogen) atoms. The zero-order chi connectivity index (χ0) is 21.4. The van der Waals surface area contributed by atoms with Crippen LogP contribution < -0.4 is 5.32 Å². The van der Waals surface area contributed by atoms with Crippen LogP contribution in [0.15, 0.2) is 54.1 Å². The number of pyridine rings is 1. The number of amides is 2. The number of likely N-dealkylation sites (tertiary alicyclic amines) is 1. The molecule has 0 saturated carbocycles. The van der Waals surface area contributed by atoms with E-state index in [2.05, 4.69) is 20.5 Å². The van der Waals surface area contributed by atoms with E-state index in [9.17, 15) is 13.2 Å². The summed E-state index contributed by atoms with van der Waals surface area (Å²) in [6.07, 6.45) is 6.85. The largest absolute Gasteiger partial charge is 0.353 e. The Morgan fingerprint density at radius 1 is 1.13 bits per heavy atom. The van der Waals surface area contributed by atoms with Crippen molar-refractivity contribution < 1.29 is 22.0 Å². The van der Waals surface area contributed by atoms with Gasteiger partial charge < -0.3 is 14.6 Å². The van der Waals surface area contributed by atoms with Crippen molar-refractivity contribution in [2.75, 3.05) is 18.4 Å². The third kappa shape index (κ3) is 3.47. The molecule has 1 aliphatic rings. The maximum absolute atomic E-state index is 15.1. The van der Waals surface area contributed by atoms with Crippen LogP contribution in [0.4, 0.5) is 19.3 Å². The number of carbonyl (C=O) groups excluding carboxylic acids is 1. The van der Waals surface area contributed by atoms with Gasteiger partial charge in [0.25, 0.3) is 0 Å². The highest BCUT2D eigenvalue weighted by Crippen LogP contribution is 2.41. The molecule has 4 rings (SSSR count). The Balaban J connectivity index is 1.48. The smallest absolute Gasteiger partial charge is 0.325 e. The molecule has 1 aliphatic heterocycles. The minimum absolute atomic E-state index is 0.00764. The Hall–Kier alpha value is -3.15. The van der Waals surface area contributed by atoms with Crippen LogP contribution in [0.1, 0.15) is 12.8 Å². The number of nitrogens with one attached hydrogen (secondary N) is 1. The van der Waals surface area contributed by atoms with E-state index >= 15 is 8.78 Å². The fourth-order valence-corrected chi connectivity index (χ4v) is 5.11. The molecule has 12 heteroatoms. The minimum Gasteiger partial charge on any atom is -0.325 e. The first-order chi connectivity index (χ1) is 14.3. The maximum atomic E-state index is 15.1. The van der Waals surface area contributed by atoms with Gasteiger partial charge in [-0.05, 0) is 31.0 Å². The third-order valence-corrected chi connectivity index (χ3v) is 7.07. The number of sulfone groups is 1. The summed E-state index contributed by atoms with van der Waals surface area (Å²) in [5, 5.41) is 5.87. The Bertz CT molecular complexity index is 1160. The minimum atomic E-state index is -4.97. The molecule has 0 unspecified atom stereocenters. The van der Waals surface area contributed by atoms with Gasteiger partial charge in [0.2, 0.25) is 9.84 Å². The second-order valence-electron chi connectivity index (χ2n) is 6.92. The number of carbonyl (C=O) groups is 1. The summed E-state index contributed by atoms with van der Waals surface area (Å²) in [7, 11) is -4.97. The van der Waals surface area contributed by atoms with E-state index in [-0.39, 0.29) is 31.6 Å². The van der Waals surface area contributed by atoms with Crippen LogP contribution in [-0.4, -0.2) is 57.3 Å². The molecular weight excluding hydrogens is 418 g/mol. The predicted octanol–water partition coefficient (Wildman–Crippen LogP) is 2.43.